The number of rotatable bonds is 6. The molecule has 2 amide bonds. The molecule has 3 aliphatic heterocycles. The lowest BCUT2D eigenvalue weighted by Gasteiger charge is -2.47. The van der Waals surface area contributed by atoms with Gasteiger partial charge in [0.1, 0.15) is 0 Å². The van der Waals surface area contributed by atoms with Gasteiger partial charge in [-0.05, 0) is 37.8 Å². The first-order valence-electron chi connectivity index (χ1n) is 12.3. The second kappa shape index (κ2) is 10.2. The molecule has 0 saturated carbocycles. The third-order valence-corrected chi connectivity index (χ3v) is 7.31. The van der Waals surface area contributed by atoms with Crippen molar-refractivity contribution < 1.29 is 14.3 Å². The average Bonchev–Trinajstić information content (AvgIpc) is 3.19. The molecule has 180 valence electrons. The number of aromatic nitrogens is 2. The molecule has 4 heterocycles. The number of hydrogen-bond donors (Lipinski definition) is 0. The second-order valence-corrected chi connectivity index (χ2v) is 9.66. The van der Waals surface area contributed by atoms with Crippen molar-refractivity contribution >= 4 is 17.8 Å². The number of nitrogens with zero attached hydrogens (tertiary/aromatic N) is 5. The minimum atomic E-state index is -0.143. The lowest BCUT2D eigenvalue weighted by Crippen LogP contribution is -2.59. The van der Waals surface area contributed by atoms with E-state index < -0.39 is 0 Å². The third kappa shape index (κ3) is 5.13. The van der Waals surface area contributed by atoms with Crippen molar-refractivity contribution in [1.82, 2.24) is 19.8 Å². The molecule has 2 atom stereocenters. The van der Waals surface area contributed by atoms with Crippen LogP contribution in [0.5, 0.6) is 0 Å². The Labute approximate surface area is 200 Å². The van der Waals surface area contributed by atoms with E-state index in [2.05, 4.69) is 51.0 Å². The van der Waals surface area contributed by atoms with E-state index >= 15 is 0 Å². The number of carbonyl (C=O) groups is 2. The Kier molecular flexibility index (Phi) is 6.87. The van der Waals surface area contributed by atoms with Crippen molar-refractivity contribution in [3.63, 3.8) is 0 Å². The van der Waals surface area contributed by atoms with Crippen LogP contribution in [0.2, 0.25) is 0 Å². The Morgan fingerprint density at radius 3 is 2.35 bits per heavy atom. The lowest BCUT2D eigenvalue weighted by atomic mass is 9.96. The summed E-state index contributed by atoms with van der Waals surface area (Å²) in [5.74, 6) is 0.652. The summed E-state index contributed by atoms with van der Waals surface area (Å²) in [5.41, 5.74) is 2.57. The van der Waals surface area contributed by atoms with Gasteiger partial charge in [-0.3, -0.25) is 19.4 Å². The van der Waals surface area contributed by atoms with E-state index in [-0.39, 0.29) is 24.0 Å². The Bertz CT molecular complexity index is 975. The maximum atomic E-state index is 12.2. The summed E-state index contributed by atoms with van der Waals surface area (Å²) in [7, 11) is 0. The zero-order valence-electron chi connectivity index (χ0n) is 19.8. The van der Waals surface area contributed by atoms with Crippen LogP contribution < -0.4 is 4.90 Å². The number of amides is 2. The predicted molar refractivity (Wildman–Crippen MR) is 128 cm³/mol. The summed E-state index contributed by atoms with van der Waals surface area (Å²) < 4.78 is 6.24. The number of benzene rings is 1. The molecule has 1 aromatic heterocycles. The number of piperidine rings is 1. The average molecular weight is 464 g/mol. The van der Waals surface area contributed by atoms with Crippen molar-refractivity contribution in [2.45, 2.75) is 57.2 Å². The molecule has 3 aliphatic rings. The molecule has 1 aromatic carbocycles. The van der Waals surface area contributed by atoms with Crippen LogP contribution in [0.4, 0.5) is 5.95 Å². The molecule has 34 heavy (non-hydrogen) atoms. The SMILES string of the molecule is Cc1ccc(CC2COC(CN3C(=O)CCC3=O)CN2C2CCN(c3ncccn3)CC2)cc1. The van der Waals surface area contributed by atoms with Gasteiger partial charge in [-0.1, -0.05) is 29.8 Å². The summed E-state index contributed by atoms with van der Waals surface area (Å²) in [4.78, 5) is 39.4. The van der Waals surface area contributed by atoms with E-state index in [1.807, 2.05) is 6.07 Å². The highest BCUT2D eigenvalue weighted by molar-refractivity contribution is 6.01. The van der Waals surface area contributed by atoms with Crippen molar-refractivity contribution in [1.29, 1.82) is 0 Å². The van der Waals surface area contributed by atoms with Crippen molar-refractivity contribution in [2.24, 2.45) is 0 Å². The fourth-order valence-electron chi connectivity index (χ4n) is 5.39. The van der Waals surface area contributed by atoms with Gasteiger partial charge in [0.15, 0.2) is 0 Å². The summed E-state index contributed by atoms with van der Waals surface area (Å²) in [6, 6.07) is 11.3. The lowest BCUT2D eigenvalue weighted by molar-refractivity contribution is -0.144. The number of ether oxygens (including phenoxy) is 1. The molecule has 0 bridgehead atoms. The quantitative estimate of drug-likeness (QED) is 0.608. The first kappa shape index (κ1) is 22.9. The van der Waals surface area contributed by atoms with Crippen LogP contribution in [-0.4, -0.2) is 82.6 Å². The standard InChI is InChI=1S/C26H33N5O3/c1-19-3-5-20(6-4-19)15-22-18-34-23(17-31-24(32)7-8-25(31)33)16-30(22)21-9-13-29(14-10-21)26-27-11-2-12-28-26/h2-6,11-12,21-23H,7-10,13-18H2,1H3. The minimum absolute atomic E-state index is 0.0712. The molecule has 3 fully saturated rings. The minimum Gasteiger partial charge on any atom is -0.373 e. The van der Waals surface area contributed by atoms with Gasteiger partial charge in [0.2, 0.25) is 17.8 Å². The van der Waals surface area contributed by atoms with Crippen LogP contribution in [0.15, 0.2) is 42.7 Å². The van der Waals surface area contributed by atoms with E-state index in [9.17, 15) is 9.59 Å². The van der Waals surface area contributed by atoms with Crippen molar-refractivity contribution in [3.8, 4) is 0 Å². The Morgan fingerprint density at radius 2 is 1.68 bits per heavy atom. The molecule has 0 N–H and O–H groups in total. The topological polar surface area (TPSA) is 78.9 Å². The largest absolute Gasteiger partial charge is 0.373 e. The highest BCUT2D eigenvalue weighted by Gasteiger charge is 2.38. The summed E-state index contributed by atoms with van der Waals surface area (Å²) >= 11 is 0. The van der Waals surface area contributed by atoms with Crippen LogP contribution in [0, 0.1) is 6.92 Å². The number of morpholine rings is 1. The zero-order chi connectivity index (χ0) is 23.5. The highest BCUT2D eigenvalue weighted by Crippen LogP contribution is 2.27. The number of likely N-dealkylation sites (tertiary alicyclic amines) is 1. The molecule has 3 saturated heterocycles. The first-order chi connectivity index (χ1) is 16.6. The summed E-state index contributed by atoms with van der Waals surface area (Å²) in [5, 5.41) is 0. The number of hydrogen-bond acceptors (Lipinski definition) is 7. The normalized spacial score (nSPS) is 24.7. The molecule has 0 spiro atoms. The van der Waals surface area contributed by atoms with Crippen LogP contribution in [0.3, 0.4) is 0 Å². The second-order valence-electron chi connectivity index (χ2n) is 9.66. The van der Waals surface area contributed by atoms with Crippen LogP contribution in [-0.2, 0) is 20.7 Å². The smallest absolute Gasteiger partial charge is 0.229 e. The highest BCUT2D eigenvalue weighted by atomic mass is 16.5. The van der Waals surface area contributed by atoms with Gasteiger partial charge in [-0.25, -0.2) is 9.97 Å². The fraction of sp³-hybridized carbons (Fsp3) is 0.538. The number of imide groups is 1. The van der Waals surface area contributed by atoms with Gasteiger partial charge < -0.3 is 9.64 Å². The first-order valence-corrected chi connectivity index (χ1v) is 12.3. The number of carbonyl (C=O) groups excluding carboxylic acids is 2. The molecule has 2 unspecified atom stereocenters. The Morgan fingerprint density at radius 1 is 1.00 bits per heavy atom. The van der Waals surface area contributed by atoms with E-state index in [0.29, 0.717) is 32.0 Å². The van der Waals surface area contributed by atoms with Gasteiger partial charge >= 0.3 is 0 Å². The number of anilines is 1. The molecular weight excluding hydrogens is 430 g/mol. The van der Waals surface area contributed by atoms with Gasteiger partial charge in [-0.2, -0.15) is 0 Å². The van der Waals surface area contributed by atoms with E-state index in [4.69, 9.17) is 4.74 Å². The molecule has 2 aromatic rings. The monoisotopic (exact) mass is 463 g/mol. The fourth-order valence-corrected chi connectivity index (χ4v) is 5.39. The van der Waals surface area contributed by atoms with Crippen LogP contribution >= 0.6 is 0 Å². The summed E-state index contributed by atoms with van der Waals surface area (Å²) in [6.07, 6.45) is 7.07. The van der Waals surface area contributed by atoms with Crippen molar-refractivity contribution in [3.05, 3.63) is 53.9 Å². The maximum absolute atomic E-state index is 12.2. The summed E-state index contributed by atoms with van der Waals surface area (Å²) in [6.45, 7) is 5.64. The maximum Gasteiger partial charge on any atom is 0.229 e. The molecular formula is C26H33N5O3. The molecule has 8 heteroatoms. The van der Waals surface area contributed by atoms with E-state index in [1.54, 1.807) is 12.4 Å². The molecule has 0 radical (unpaired) electrons. The molecule has 0 aliphatic carbocycles. The van der Waals surface area contributed by atoms with E-state index in [0.717, 1.165) is 44.8 Å². The van der Waals surface area contributed by atoms with Gasteiger partial charge in [-0.15, -0.1) is 0 Å². The Hall–Kier alpha value is -2.84. The van der Waals surface area contributed by atoms with Gasteiger partial charge in [0.05, 0.1) is 19.3 Å². The van der Waals surface area contributed by atoms with Crippen LogP contribution in [0.25, 0.3) is 0 Å². The third-order valence-electron chi connectivity index (χ3n) is 7.31. The molecule has 8 nitrogen and oxygen atoms in total. The zero-order valence-corrected chi connectivity index (χ0v) is 19.8. The van der Waals surface area contributed by atoms with Gasteiger partial charge in [0.25, 0.3) is 0 Å². The van der Waals surface area contributed by atoms with Gasteiger partial charge in [0, 0.05) is 57.0 Å². The molecule has 5 rings (SSSR count). The number of aryl methyl sites for hydroxylation is 1. The van der Waals surface area contributed by atoms with E-state index in [1.165, 1.54) is 16.0 Å². The van der Waals surface area contributed by atoms with Crippen LogP contribution in [0.1, 0.15) is 36.8 Å². The predicted octanol–water partition coefficient (Wildman–Crippen LogP) is 2.21. The van der Waals surface area contributed by atoms with Crippen molar-refractivity contribution in [2.75, 3.05) is 37.7 Å². The Balaban J connectivity index is 1.28.